The Labute approximate surface area is 120 Å². The first-order valence-electron chi connectivity index (χ1n) is 7.46. The summed E-state index contributed by atoms with van der Waals surface area (Å²) >= 11 is 0. The number of aromatic hydroxyl groups is 1. The number of hydrogen-bond acceptors (Lipinski definition) is 4. The minimum atomic E-state index is 0.239. The summed E-state index contributed by atoms with van der Waals surface area (Å²) in [5.41, 5.74) is 0.875. The van der Waals surface area contributed by atoms with Crippen LogP contribution >= 0.6 is 0 Å². The van der Waals surface area contributed by atoms with Crippen LogP contribution < -0.4 is 14.8 Å². The van der Waals surface area contributed by atoms with Crippen molar-refractivity contribution in [1.82, 2.24) is 5.32 Å². The monoisotopic (exact) mass is 277 g/mol. The first-order chi connectivity index (χ1) is 9.61. The Hall–Kier alpha value is -1.42. The van der Waals surface area contributed by atoms with E-state index in [-0.39, 0.29) is 12.5 Å². The molecule has 2 N–H and O–H groups in total. The molecular formula is C16H23NO3. The molecule has 0 spiro atoms. The fourth-order valence-electron chi connectivity index (χ4n) is 3.48. The molecule has 0 saturated heterocycles. The van der Waals surface area contributed by atoms with Crippen molar-refractivity contribution in [3.8, 4) is 17.2 Å². The number of rotatable bonds is 3. The SMILES string of the molecule is CC1CC(C)CC(NCc2cc3c(cc2O)OCO3)C1. The molecule has 4 heteroatoms. The van der Waals surface area contributed by atoms with Gasteiger partial charge in [-0.3, -0.25) is 0 Å². The molecule has 4 nitrogen and oxygen atoms in total. The van der Waals surface area contributed by atoms with E-state index in [1.807, 2.05) is 6.07 Å². The maximum atomic E-state index is 10.0. The molecule has 0 bridgehead atoms. The maximum absolute atomic E-state index is 10.0. The lowest BCUT2D eigenvalue weighted by Gasteiger charge is -2.32. The second-order valence-electron chi connectivity index (χ2n) is 6.33. The number of benzene rings is 1. The van der Waals surface area contributed by atoms with E-state index in [1.165, 1.54) is 19.3 Å². The van der Waals surface area contributed by atoms with Gasteiger partial charge in [0.15, 0.2) is 11.5 Å². The van der Waals surface area contributed by atoms with E-state index in [9.17, 15) is 5.11 Å². The summed E-state index contributed by atoms with van der Waals surface area (Å²) in [6, 6.07) is 4.06. The van der Waals surface area contributed by atoms with Crippen LogP contribution in [-0.4, -0.2) is 17.9 Å². The van der Waals surface area contributed by atoms with Gasteiger partial charge in [0.2, 0.25) is 6.79 Å². The summed E-state index contributed by atoms with van der Waals surface area (Å²) in [6.07, 6.45) is 3.76. The van der Waals surface area contributed by atoms with Crippen molar-refractivity contribution in [1.29, 1.82) is 0 Å². The average Bonchev–Trinajstić information content (AvgIpc) is 2.81. The number of phenolic OH excluding ortho intramolecular Hbond substituents is 1. The molecule has 1 aliphatic carbocycles. The van der Waals surface area contributed by atoms with Crippen molar-refractivity contribution in [2.24, 2.45) is 11.8 Å². The van der Waals surface area contributed by atoms with Crippen LogP contribution in [0.25, 0.3) is 0 Å². The summed E-state index contributed by atoms with van der Waals surface area (Å²) in [7, 11) is 0. The van der Waals surface area contributed by atoms with Crippen LogP contribution in [0.4, 0.5) is 0 Å². The van der Waals surface area contributed by atoms with E-state index >= 15 is 0 Å². The Morgan fingerprint density at radius 1 is 1.10 bits per heavy atom. The van der Waals surface area contributed by atoms with Crippen LogP contribution in [0, 0.1) is 11.8 Å². The second-order valence-corrected chi connectivity index (χ2v) is 6.33. The molecule has 1 fully saturated rings. The summed E-state index contributed by atoms with van der Waals surface area (Å²) in [4.78, 5) is 0. The van der Waals surface area contributed by atoms with Crippen LogP contribution in [-0.2, 0) is 6.54 Å². The zero-order chi connectivity index (χ0) is 14.1. The summed E-state index contributed by atoms with van der Waals surface area (Å²) in [5.74, 6) is 3.19. The van der Waals surface area contributed by atoms with Gasteiger partial charge >= 0.3 is 0 Å². The van der Waals surface area contributed by atoms with Crippen LogP contribution in [0.3, 0.4) is 0 Å². The van der Waals surface area contributed by atoms with Gasteiger partial charge in [0.05, 0.1) is 0 Å². The third-order valence-electron chi connectivity index (χ3n) is 4.33. The van der Waals surface area contributed by atoms with Crippen LogP contribution in [0.2, 0.25) is 0 Å². The number of nitrogens with one attached hydrogen (secondary N) is 1. The minimum absolute atomic E-state index is 0.239. The molecule has 0 radical (unpaired) electrons. The molecule has 0 amide bonds. The van der Waals surface area contributed by atoms with E-state index in [2.05, 4.69) is 19.2 Å². The third kappa shape index (κ3) is 2.85. The van der Waals surface area contributed by atoms with Gasteiger partial charge in [-0.25, -0.2) is 0 Å². The molecule has 2 aliphatic rings. The maximum Gasteiger partial charge on any atom is 0.231 e. The summed E-state index contributed by atoms with van der Waals surface area (Å²) in [5, 5.41) is 13.6. The number of fused-ring (bicyclic) bond motifs is 1. The Morgan fingerprint density at radius 3 is 2.45 bits per heavy atom. The average molecular weight is 277 g/mol. The van der Waals surface area contributed by atoms with Crippen molar-refractivity contribution < 1.29 is 14.6 Å². The molecule has 0 aromatic heterocycles. The lowest BCUT2D eigenvalue weighted by atomic mass is 9.80. The first kappa shape index (κ1) is 13.6. The molecule has 1 aromatic rings. The highest BCUT2D eigenvalue weighted by atomic mass is 16.7. The smallest absolute Gasteiger partial charge is 0.231 e. The lowest BCUT2D eigenvalue weighted by Crippen LogP contribution is -2.35. The zero-order valence-electron chi connectivity index (χ0n) is 12.2. The van der Waals surface area contributed by atoms with Crippen molar-refractivity contribution in [2.75, 3.05) is 6.79 Å². The van der Waals surface area contributed by atoms with Gasteiger partial charge in [0.25, 0.3) is 0 Å². The fraction of sp³-hybridized carbons (Fsp3) is 0.625. The van der Waals surface area contributed by atoms with E-state index in [4.69, 9.17) is 9.47 Å². The van der Waals surface area contributed by atoms with E-state index in [0.29, 0.717) is 18.3 Å². The van der Waals surface area contributed by atoms with Gasteiger partial charge < -0.3 is 19.9 Å². The molecule has 2 unspecified atom stereocenters. The molecule has 1 heterocycles. The molecular weight excluding hydrogens is 254 g/mol. The summed E-state index contributed by atoms with van der Waals surface area (Å²) in [6.45, 7) is 5.56. The lowest BCUT2D eigenvalue weighted by molar-refractivity contribution is 0.174. The van der Waals surface area contributed by atoms with Gasteiger partial charge in [-0.15, -0.1) is 0 Å². The topological polar surface area (TPSA) is 50.7 Å². The van der Waals surface area contributed by atoms with Crippen molar-refractivity contribution in [2.45, 2.75) is 45.7 Å². The Morgan fingerprint density at radius 2 is 1.75 bits per heavy atom. The van der Waals surface area contributed by atoms with E-state index in [1.54, 1.807) is 6.07 Å². The Balaban J connectivity index is 1.63. The number of hydrogen-bond donors (Lipinski definition) is 2. The number of ether oxygens (including phenoxy) is 2. The highest BCUT2D eigenvalue weighted by molar-refractivity contribution is 5.51. The fourth-order valence-corrected chi connectivity index (χ4v) is 3.48. The van der Waals surface area contributed by atoms with Crippen LogP contribution in [0.5, 0.6) is 17.2 Å². The Kier molecular flexibility index (Phi) is 3.74. The quantitative estimate of drug-likeness (QED) is 0.891. The largest absolute Gasteiger partial charge is 0.507 e. The van der Waals surface area contributed by atoms with Crippen LogP contribution in [0.1, 0.15) is 38.7 Å². The molecule has 110 valence electrons. The highest BCUT2D eigenvalue weighted by Crippen LogP contribution is 2.37. The van der Waals surface area contributed by atoms with Crippen molar-refractivity contribution in [3.63, 3.8) is 0 Å². The van der Waals surface area contributed by atoms with Gasteiger partial charge in [-0.05, 0) is 37.2 Å². The molecule has 2 atom stereocenters. The zero-order valence-corrected chi connectivity index (χ0v) is 12.2. The normalized spacial score (nSPS) is 28.6. The second kappa shape index (κ2) is 5.52. The molecule has 1 aliphatic heterocycles. The third-order valence-corrected chi connectivity index (χ3v) is 4.33. The van der Waals surface area contributed by atoms with Crippen LogP contribution in [0.15, 0.2) is 12.1 Å². The number of phenols is 1. The van der Waals surface area contributed by atoms with Crippen molar-refractivity contribution in [3.05, 3.63) is 17.7 Å². The predicted octanol–water partition coefficient (Wildman–Crippen LogP) is 3.04. The first-order valence-corrected chi connectivity index (χ1v) is 7.46. The molecule has 1 saturated carbocycles. The van der Waals surface area contributed by atoms with E-state index in [0.717, 1.165) is 23.1 Å². The van der Waals surface area contributed by atoms with E-state index < -0.39 is 0 Å². The summed E-state index contributed by atoms with van der Waals surface area (Å²) < 4.78 is 10.6. The van der Waals surface area contributed by atoms with Gasteiger partial charge in [-0.2, -0.15) is 0 Å². The van der Waals surface area contributed by atoms with Gasteiger partial charge in [-0.1, -0.05) is 13.8 Å². The molecule has 1 aromatic carbocycles. The highest BCUT2D eigenvalue weighted by Gasteiger charge is 2.24. The Bertz CT molecular complexity index is 479. The minimum Gasteiger partial charge on any atom is -0.507 e. The molecule has 3 rings (SSSR count). The van der Waals surface area contributed by atoms with Gasteiger partial charge in [0.1, 0.15) is 5.75 Å². The molecule has 20 heavy (non-hydrogen) atoms. The van der Waals surface area contributed by atoms with Gasteiger partial charge in [0, 0.05) is 24.2 Å². The standard InChI is InChI=1S/C16H23NO3/c1-10-3-11(2)5-13(4-10)17-8-12-6-15-16(7-14(12)18)20-9-19-15/h6-7,10-11,13,17-18H,3-5,8-9H2,1-2H3. The predicted molar refractivity (Wildman–Crippen MR) is 77.0 cm³/mol. The van der Waals surface area contributed by atoms with Crippen molar-refractivity contribution >= 4 is 0 Å².